The van der Waals surface area contributed by atoms with Crippen LogP contribution in [0.25, 0.3) is 5.70 Å². The van der Waals surface area contributed by atoms with Crippen molar-refractivity contribution in [2.45, 2.75) is 17.9 Å². The van der Waals surface area contributed by atoms with Gasteiger partial charge in [0.15, 0.2) is 9.84 Å². The first-order chi connectivity index (χ1) is 15.0. The molecule has 0 aliphatic carbocycles. The lowest BCUT2D eigenvalue weighted by Crippen LogP contribution is -2.37. The number of ether oxygens (including phenoxy) is 2. The lowest BCUT2D eigenvalue weighted by molar-refractivity contribution is 0.0381. The Bertz CT molecular complexity index is 1000. The summed E-state index contributed by atoms with van der Waals surface area (Å²) < 4.78 is 36.5. The van der Waals surface area contributed by atoms with Gasteiger partial charge in [0.05, 0.1) is 41.4 Å². The second-order valence-corrected chi connectivity index (χ2v) is 9.34. The van der Waals surface area contributed by atoms with Crippen molar-refractivity contribution in [3.8, 4) is 5.75 Å². The van der Waals surface area contributed by atoms with Gasteiger partial charge in [-0.1, -0.05) is 12.1 Å². The molecule has 0 spiro atoms. The molecule has 3 rings (SSSR count). The molecule has 1 aromatic heterocycles. The highest BCUT2D eigenvalue weighted by atomic mass is 32.2. The monoisotopic (exact) mass is 444 g/mol. The van der Waals surface area contributed by atoms with Gasteiger partial charge < -0.3 is 20.6 Å². The molecule has 1 fully saturated rings. The molecule has 9 heteroatoms. The molecule has 0 unspecified atom stereocenters. The van der Waals surface area contributed by atoms with Crippen LogP contribution >= 0.6 is 0 Å². The van der Waals surface area contributed by atoms with E-state index in [0.29, 0.717) is 41.7 Å². The van der Waals surface area contributed by atoms with Crippen molar-refractivity contribution in [1.29, 1.82) is 5.41 Å². The van der Waals surface area contributed by atoms with E-state index in [2.05, 4.69) is 9.88 Å². The number of hydrogen-bond acceptors (Lipinski definition) is 8. The molecular formula is C22H28N4O4S. The largest absolute Gasteiger partial charge is 0.487 e. The number of nitrogens with one attached hydrogen (secondary N) is 1. The molecule has 1 aromatic carbocycles. The predicted molar refractivity (Wildman–Crippen MR) is 120 cm³/mol. The highest BCUT2D eigenvalue weighted by molar-refractivity contribution is 7.91. The smallest absolute Gasteiger partial charge is 0.178 e. The van der Waals surface area contributed by atoms with Gasteiger partial charge >= 0.3 is 0 Å². The zero-order valence-corrected chi connectivity index (χ0v) is 18.2. The molecule has 1 saturated heterocycles. The minimum absolute atomic E-state index is 0.116. The third-order valence-electron chi connectivity index (χ3n) is 4.95. The minimum atomic E-state index is -3.35. The van der Waals surface area contributed by atoms with Gasteiger partial charge in [0, 0.05) is 19.3 Å². The van der Waals surface area contributed by atoms with E-state index in [1.807, 2.05) is 6.07 Å². The van der Waals surface area contributed by atoms with E-state index < -0.39 is 9.84 Å². The number of aromatic nitrogens is 1. The summed E-state index contributed by atoms with van der Waals surface area (Å²) in [5, 5.41) is 7.05. The lowest BCUT2D eigenvalue weighted by Gasteiger charge is -2.26. The van der Waals surface area contributed by atoms with E-state index in [9.17, 15) is 8.42 Å². The Morgan fingerprint density at radius 1 is 1.26 bits per heavy atom. The summed E-state index contributed by atoms with van der Waals surface area (Å²) in [7, 11) is -3.35. The van der Waals surface area contributed by atoms with E-state index >= 15 is 0 Å². The first-order valence-corrected chi connectivity index (χ1v) is 11.8. The first kappa shape index (κ1) is 22.9. The maximum atomic E-state index is 12.7. The van der Waals surface area contributed by atoms with Gasteiger partial charge in [0.25, 0.3) is 0 Å². The summed E-state index contributed by atoms with van der Waals surface area (Å²) >= 11 is 0. The Kier molecular flexibility index (Phi) is 8.16. The molecule has 31 heavy (non-hydrogen) atoms. The third-order valence-corrected chi connectivity index (χ3v) is 6.75. The minimum Gasteiger partial charge on any atom is -0.487 e. The molecule has 1 aliphatic rings. The maximum Gasteiger partial charge on any atom is 0.178 e. The third kappa shape index (κ3) is 6.88. The van der Waals surface area contributed by atoms with Crippen LogP contribution < -0.4 is 10.5 Å². The number of hydrogen-bond donors (Lipinski definition) is 2. The molecule has 0 radical (unpaired) electrons. The number of sulfone groups is 1. The van der Waals surface area contributed by atoms with Crippen molar-refractivity contribution in [2.24, 2.45) is 5.73 Å². The number of morpholine rings is 1. The zero-order chi connectivity index (χ0) is 22.1. The molecule has 8 nitrogen and oxygen atoms in total. The first-order valence-electron chi connectivity index (χ1n) is 10.2. The molecule has 166 valence electrons. The van der Waals surface area contributed by atoms with Gasteiger partial charge in [-0.05, 0) is 48.9 Å². The molecule has 0 bridgehead atoms. The summed E-state index contributed by atoms with van der Waals surface area (Å²) in [4.78, 5) is 6.76. The lowest BCUT2D eigenvalue weighted by atomic mass is 10.2. The second kappa shape index (κ2) is 11.0. The summed E-state index contributed by atoms with van der Waals surface area (Å²) in [6.45, 7) is 4.11. The Hall–Kier alpha value is -2.75. The molecule has 1 aliphatic heterocycles. The van der Waals surface area contributed by atoms with E-state index in [1.165, 1.54) is 6.08 Å². The van der Waals surface area contributed by atoms with Crippen LogP contribution in [0.3, 0.4) is 0 Å². The van der Waals surface area contributed by atoms with Crippen LogP contribution in [-0.4, -0.2) is 63.1 Å². The number of pyridine rings is 1. The van der Waals surface area contributed by atoms with Gasteiger partial charge in [0.2, 0.25) is 0 Å². The van der Waals surface area contributed by atoms with Crippen molar-refractivity contribution < 1.29 is 17.9 Å². The standard InChI is InChI=1S/C22H28N4O4S/c23-8-7-21(24)22-6-5-19(16-25-22)30-17-18-3-1-4-20(15-18)31(27,28)14-2-9-26-10-12-29-13-11-26/h1,3-8,15-16,23H,2,9-14,17,24H2/b21-7-,23-8?. The summed E-state index contributed by atoms with van der Waals surface area (Å²) in [6.07, 6.45) is 4.70. The molecule has 0 atom stereocenters. The van der Waals surface area contributed by atoms with Gasteiger partial charge in [-0.15, -0.1) is 0 Å². The summed E-state index contributed by atoms with van der Waals surface area (Å²) in [5.74, 6) is 0.662. The normalized spacial score (nSPS) is 15.5. The number of rotatable bonds is 10. The number of nitrogens with two attached hydrogens (primary N) is 1. The van der Waals surface area contributed by atoms with Crippen molar-refractivity contribution >= 4 is 21.7 Å². The maximum absolute atomic E-state index is 12.7. The van der Waals surface area contributed by atoms with Crippen molar-refractivity contribution in [3.63, 3.8) is 0 Å². The second-order valence-electron chi connectivity index (χ2n) is 7.23. The van der Waals surface area contributed by atoms with Crippen LogP contribution in [-0.2, 0) is 21.2 Å². The van der Waals surface area contributed by atoms with Crippen LogP contribution in [0.1, 0.15) is 17.7 Å². The quantitative estimate of drug-likeness (QED) is 0.539. The Balaban J connectivity index is 1.55. The predicted octanol–water partition coefficient (Wildman–Crippen LogP) is 2.11. The van der Waals surface area contributed by atoms with Crippen LogP contribution in [0.15, 0.2) is 53.6 Å². The topological polar surface area (TPSA) is 119 Å². The fraction of sp³-hybridized carbons (Fsp3) is 0.364. The molecular weight excluding hydrogens is 416 g/mol. The highest BCUT2D eigenvalue weighted by Crippen LogP contribution is 2.18. The van der Waals surface area contributed by atoms with Crippen molar-refractivity contribution in [1.82, 2.24) is 9.88 Å². The summed E-state index contributed by atoms with van der Waals surface area (Å²) in [6, 6.07) is 10.3. The fourth-order valence-corrected chi connectivity index (χ4v) is 4.59. The number of nitrogens with zero attached hydrogens (tertiary/aromatic N) is 2. The zero-order valence-electron chi connectivity index (χ0n) is 17.4. The van der Waals surface area contributed by atoms with Crippen LogP contribution in [0.2, 0.25) is 0 Å². The van der Waals surface area contributed by atoms with Crippen LogP contribution in [0, 0.1) is 5.41 Å². The van der Waals surface area contributed by atoms with E-state index in [1.54, 1.807) is 36.5 Å². The highest BCUT2D eigenvalue weighted by Gasteiger charge is 2.17. The SMILES string of the molecule is N=C/C=C(\N)c1ccc(OCc2cccc(S(=O)(=O)CCCN3CCOCC3)c2)cn1. The Labute approximate surface area is 183 Å². The van der Waals surface area contributed by atoms with Crippen molar-refractivity contribution in [2.75, 3.05) is 38.6 Å². The average molecular weight is 445 g/mol. The fourth-order valence-electron chi connectivity index (χ4n) is 3.23. The Morgan fingerprint density at radius 3 is 2.77 bits per heavy atom. The van der Waals surface area contributed by atoms with Gasteiger partial charge in [-0.3, -0.25) is 9.88 Å². The molecule has 2 aromatic rings. The van der Waals surface area contributed by atoms with E-state index in [4.69, 9.17) is 20.6 Å². The number of benzene rings is 1. The average Bonchev–Trinajstić information content (AvgIpc) is 2.79. The number of allylic oxidation sites excluding steroid dienone is 1. The summed E-state index contributed by atoms with van der Waals surface area (Å²) in [5.41, 5.74) is 7.51. The van der Waals surface area contributed by atoms with Gasteiger partial charge in [0.1, 0.15) is 12.4 Å². The van der Waals surface area contributed by atoms with Gasteiger partial charge in [-0.25, -0.2) is 8.42 Å². The molecule has 0 saturated carbocycles. The van der Waals surface area contributed by atoms with Crippen LogP contribution in [0.5, 0.6) is 5.75 Å². The van der Waals surface area contributed by atoms with Crippen molar-refractivity contribution in [3.05, 3.63) is 59.9 Å². The molecule has 3 N–H and O–H groups in total. The van der Waals surface area contributed by atoms with E-state index in [0.717, 1.165) is 31.4 Å². The van der Waals surface area contributed by atoms with Crippen LogP contribution in [0.4, 0.5) is 0 Å². The Morgan fingerprint density at radius 2 is 2.06 bits per heavy atom. The molecule has 0 amide bonds. The molecule has 2 heterocycles. The van der Waals surface area contributed by atoms with Gasteiger partial charge in [-0.2, -0.15) is 0 Å². The van der Waals surface area contributed by atoms with E-state index in [-0.39, 0.29) is 12.4 Å².